The highest BCUT2D eigenvalue weighted by atomic mass is 14.3. The van der Waals surface area contributed by atoms with E-state index in [4.69, 9.17) is 0 Å². The molecule has 3 rings (SSSR count). The Kier molecular flexibility index (Phi) is 3.63. The van der Waals surface area contributed by atoms with E-state index in [2.05, 4.69) is 6.58 Å². The molecule has 0 radical (unpaired) electrons. The first-order chi connectivity index (χ1) is 8.36. The second kappa shape index (κ2) is 5.20. The van der Waals surface area contributed by atoms with Crippen molar-refractivity contribution in [1.82, 2.24) is 0 Å². The molecule has 3 aliphatic rings. The van der Waals surface area contributed by atoms with Crippen molar-refractivity contribution in [2.24, 2.45) is 0 Å². The first-order valence-electron chi connectivity index (χ1n) is 8.04. The molecule has 0 aromatic heterocycles. The molecule has 3 saturated carbocycles. The summed E-state index contributed by atoms with van der Waals surface area (Å²) < 4.78 is 0. The van der Waals surface area contributed by atoms with Gasteiger partial charge in [-0.05, 0) is 12.2 Å². The molecular weight excluding hydrogens is 203 g/mol. The van der Waals surface area contributed by atoms with Crippen LogP contribution in [0.25, 0.3) is 0 Å². The lowest BCUT2D eigenvalue weighted by Gasteiger charge is -2.35. The molecule has 0 aromatic carbocycles. The van der Waals surface area contributed by atoms with E-state index >= 15 is 0 Å². The largest absolute Gasteiger partial charge is 0.154 e. The minimum absolute atomic E-state index is 0.946. The minimum atomic E-state index is 0.946. The average molecular weight is 230 g/mol. The van der Waals surface area contributed by atoms with Crippen LogP contribution in [0.5, 0.6) is 0 Å². The van der Waals surface area contributed by atoms with E-state index in [1.165, 1.54) is 70.6 Å². The zero-order valence-electron chi connectivity index (χ0n) is 11.3. The molecule has 94 valence electrons. The zero-order valence-corrected chi connectivity index (χ0v) is 11.3. The van der Waals surface area contributed by atoms with Crippen LogP contribution in [0.4, 0.5) is 0 Å². The van der Waals surface area contributed by atoms with E-state index in [0.29, 0.717) is 0 Å². The van der Waals surface area contributed by atoms with Crippen molar-refractivity contribution in [3.05, 3.63) is 12.2 Å². The fourth-order valence-corrected chi connectivity index (χ4v) is 4.71. The van der Waals surface area contributed by atoms with Gasteiger partial charge in [-0.1, -0.05) is 81.4 Å². The van der Waals surface area contributed by atoms with Crippen LogP contribution >= 0.6 is 0 Å². The van der Waals surface area contributed by atoms with E-state index in [0.717, 1.165) is 24.2 Å². The summed E-state index contributed by atoms with van der Waals surface area (Å²) in [5.41, 5.74) is 1.59. The van der Waals surface area contributed by atoms with Gasteiger partial charge in [-0.25, -0.2) is 0 Å². The third kappa shape index (κ3) is 2.64. The van der Waals surface area contributed by atoms with Gasteiger partial charge in [-0.3, -0.25) is 0 Å². The number of allylic oxidation sites excluding steroid dienone is 1. The Balaban J connectivity index is 1.68. The molecule has 0 N–H and O–H groups in total. The van der Waals surface area contributed by atoms with Crippen molar-refractivity contribution in [2.45, 2.75) is 88.1 Å². The summed E-state index contributed by atoms with van der Waals surface area (Å²) in [4.78, 5) is 0. The summed E-state index contributed by atoms with van der Waals surface area (Å²) >= 11 is 0. The Morgan fingerprint density at radius 2 is 1.18 bits per heavy atom. The summed E-state index contributed by atoms with van der Waals surface area (Å²) in [7, 11) is 0. The monoisotopic (exact) mass is 230 g/mol. The summed E-state index contributed by atoms with van der Waals surface area (Å²) in [6, 6.07) is 0. The van der Waals surface area contributed by atoms with Crippen molar-refractivity contribution < 1.29 is 0 Å². The van der Waals surface area contributed by atoms with Crippen molar-refractivity contribution in [3.63, 3.8) is 0 Å². The molecule has 0 amide bonds. The summed E-state index contributed by atoms with van der Waals surface area (Å²) in [5.74, 6) is 3.08. The van der Waals surface area contributed by atoms with E-state index in [-0.39, 0.29) is 0 Å². The maximum absolute atomic E-state index is 4.26. The Morgan fingerprint density at radius 1 is 0.765 bits per heavy atom. The van der Waals surface area contributed by atoms with Gasteiger partial charge in [0, 0.05) is 0 Å². The second-order valence-electron chi connectivity index (χ2n) is 6.84. The molecule has 0 aromatic rings. The Labute approximate surface area is 107 Å². The smallest absolute Gasteiger partial charge is 0.100 e. The van der Waals surface area contributed by atoms with Crippen LogP contribution in [0.1, 0.15) is 70.6 Å². The molecular formula is C16H27B. The highest BCUT2D eigenvalue weighted by Crippen LogP contribution is 2.56. The van der Waals surface area contributed by atoms with Crippen LogP contribution in [-0.4, -0.2) is 6.71 Å². The minimum Gasteiger partial charge on any atom is -0.100 e. The Hall–Kier alpha value is -0.195. The highest BCUT2D eigenvalue weighted by molar-refractivity contribution is 6.65. The summed E-state index contributed by atoms with van der Waals surface area (Å²) in [5, 5.41) is 0. The molecule has 1 unspecified atom stereocenters. The molecule has 1 atom stereocenters. The molecule has 17 heavy (non-hydrogen) atoms. The van der Waals surface area contributed by atoms with Gasteiger partial charge in [0.15, 0.2) is 6.71 Å². The maximum atomic E-state index is 4.26. The lowest BCUT2D eigenvalue weighted by Crippen LogP contribution is -2.30. The molecule has 3 aliphatic carbocycles. The van der Waals surface area contributed by atoms with Crippen LogP contribution in [0.2, 0.25) is 17.5 Å². The van der Waals surface area contributed by atoms with Gasteiger partial charge in [0.25, 0.3) is 0 Å². The molecule has 1 heteroatoms. The maximum Gasteiger partial charge on any atom is 0.154 e. The number of hydrogen-bond acceptors (Lipinski definition) is 0. The Bertz CT molecular complexity index is 253. The van der Waals surface area contributed by atoms with Crippen molar-refractivity contribution in [1.29, 1.82) is 0 Å². The summed E-state index contributed by atoms with van der Waals surface area (Å²) in [6.07, 6.45) is 16.5. The summed E-state index contributed by atoms with van der Waals surface area (Å²) in [6.45, 7) is 5.30. The van der Waals surface area contributed by atoms with E-state index in [1.807, 2.05) is 0 Å². The quantitative estimate of drug-likeness (QED) is 0.444. The molecule has 0 aliphatic heterocycles. The standard InChI is InChI=1S/C16H27B/c1-13-12-16(13)17(14-8-4-2-5-9-14)15-10-6-3-7-11-15/h14-16H,1-12H2. The number of rotatable bonds is 3. The van der Waals surface area contributed by atoms with Gasteiger partial charge < -0.3 is 0 Å². The molecule has 0 spiro atoms. The first-order valence-corrected chi connectivity index (χ1v) is 8.04. The van der Waals surface area contributed by atoms with Crippen molar-refractivity contribution in [3.8, 4) is 0 Å². The van der Waals surface area contributed by atoms with Crippen LogP contribution in [0, 0.1) is 0 Å². The normalized spacial score (nSPS) is 31.5. The van der Waals surface area contributed by atoms with Gasteiger partial charge in [0.05, 0.1) is 0 Å². The fourth-order valence-electron chi connectivity index (χ4n) is 4.71. The van der Waals surface area contributed by atoms with Crippen LogP contribution in [0.15, 0.2) is 12.2 Å². The topological polar surface area (TPSA) is 0 Å². The first kappa shape index (κ1) is 11.9. The molecule has 0 bridgehead atoms. The highest BCUT2D eigenvalue weighted by Gasteiger charge is 2.46. The van der Waals surface area contributed by atoms with Crippen LogP contribution in [0.3, 0.4) is 0 Å². The van der Waals surface area contributed by atoms with Crippen molar-refractivity contribution >= 4 is 6.71 Å². The SMILES string of the molecule is C=C1CC1B(C1CCCCC1)C1CCCCC1. The second-order valence-corrected chi connectivity index (χ2v) is 6.84. The average Bonchev–Trinajstić information content (AvgIpc) is 3.09. The molecule has 0 nitrogen and oxygen atoms in total. The lowest BCUT2D eigenvalue weighted by atomic mass is 9.27. The van der Waals surface area contributed by atoms with Gasteiger partial charge in [0.2, 0.25) is 0 Å². The van der Waals surface area contributed by atoms with Crippen LogP contribution < -0.4 is 0 Å². The fraction of sp³-hybridized carbons (Fsp3) is 0.875. The molecule has 3 fully saturated rings. The van der Waals surface area contributed by atoms with Gasteiger partial charge in [0.1, 0.15) is 0 Å². The van der Waals surface area contributed by atoms with E-state index in [9.17, 15) is 0 Å². The van der Waals surface area contributed by atoms with Gasteiger partial charge in [-0.2, -0.15) is 0 Å². The zero-order chi connectivity index (χ0) is 11.7. The third-order valence-electron chi connectivity index (χ3n) is 5.70. The van der Waals surface area contributed by atoms with E-state index in [1.54, 1.807) is 5.57 Å². The Morgan fingerprint density at radius 3 is 1.53 bits per heavy atom. The van der Waals surface area contributed by atoms with Gasteiger partial charge >= 0.3 is 0 Å². The number of hydrogen-bond donors (Lipinski definition) is 0. The predicted octanol–water partition coefficient (Wildman–Crippen LogP) is 5.48. The third-order valence-corrected chi connectivity index (χ3v) is 5.70. The van der Waals surface area contributed by atoms with Crippen molar-refractivity contribution in [2.75, 3.05) is 0 Å². The molecule has 0 heterocycles. The lowest BCUT2D eigenvalue weighted by molar-refractivity contribution is 0.460. The predicted molar refractivity (Wildman–Crippen MR) is 76.9 cm³/mol. The van der Waals surface area contributed by atoms with Gasteiger partial charge in [-0.15, -0.1) is 6.58 Å². The molecule has 0 saturated heterocycles. The van der Waals surface area contributed by atoms with Crippen LogP contribution in [-0.2, 0) is 0 Å². The van der Waals surface area contributed by atoms with E-state index < -0.39 is 0 Å².